The number of hydrogen-bond donors (Lipinski definition) is 1. The zero-order chi connectivity index (χ0) is 18.1. The Hall–Kier alpha value is -1.10. The van der Waals surface area contributed by atoms with Gasteiger partial charge in [-0.2, -0.15) is 0 Å². The molecule has 2 aliphatic heterocycles. The minimum atomic E-state index is -0.358. The van der Waals surface area contributed by atoms with Crippen molar-refractivity contribution < 1.29 is 14.3 Å². The van der Waals surface area contributed by atoms with Gasteiger partial charge >= 0.3 is 0 Å². The van der Waals surface area contributed by atoms with Crippen molar-refractivity contribution in [2.45, 2.75) is 71.8 Å². The Balaban J connectivity index is 1.76. The highest BCUT2D eigenvalue weighted by Crippen LogP contribution is 2.45. The van der Waals surface area contributed by atoms with Crippen LogP contribution in [0.2, 0.25) is 0 Å². The van der Waals surface area contributed by atoms with Crippen molar-refractivity contribution in [2.75, 3.05) is 26.3 Å². The van der Waals surface area contributed by atoms with Gasteiger partial charge in [-0.15, -0.1) is 0 Å². The molecule has 2 amide bonds. The van der Waals surface area contributed by atoms with Gasteiger partial charge in [0.05, 0.1) is 5.92 Å². The standard InChI is InChI=1S/C20H34N2O3/c1-4-19(2,3)18(24)22-13-16(17(23)21-15-7-5-6-8-15)20(14-22)9-11-25-12-10-20/h15-16H,4-14H2,1-3H3,(H,21,23). The van der Waals surface area contributed by atoms with Crippen LogP contribution in [0.15, 0.2) is 0 Å². The Kier molecular flexibility index (Phi) is 5.42. The number of carbonyl (C=O) groups is 2. The van der Waals surface area contributed by atoms with Gasteiger partial charge in [0.1, 0.15) is 0 Å². The Labute approximate surface area is 151 Å². The van der Waals surface area contributed by atoms with Crippen LogP contribution in [0.25, 0.3) is 0 Å². The van der Waals surface area contributed by atoms with Crippen molar-refractivity contribution in [3.63, 3.8) is 0 Å². The normalized spacial score (nSPS) is 27.0. The second kappa shape index (κ2) is 7.26. The quantitative estimate of drug-likeness (QED) is 0.848. The molecule has 0 aromatic heterocycles. The number of rotatable bonds is 4. The molecule has 3 aliphatic rings. The first-order valence-corrected chi connectivity index (χ1v) is 10.1. The molecule has 3 rings (SSSR count). The monoisotopic (exact) mass is 350 g/mol. The Bertz CT molecular complexity index is 505. The Morgan fingerprint density at radius 3 is 2.44 bits per heavy atom. The molecule has 1 saturated carbocycles. The fourth-order valence-corrected chi connectivity index (χ4v) is 4.72. The molecule has 1 unspecified atom stereocenters. The summed E-state index contributed by atoms with van der Waals surface area (Å²) < 4.78 is 5.57. The molecule has 25 heavy (non-hydrogen) atoms. The van der Waals surface area contributed by atoms with Crippen LogP contribution >= 0.6 is 0 Å². The van der Waals surface area contributed by atoms with E-state index in [1.807, 2.05) is 18.7 Å². The van der Waals surface area contributed by atoms with E-state index in [1.165, 1.54) is 12.8 Å². The molecule has 3 fully saturated rings. The predicted molar refractivity (Wildman–Crippen MR) is 97.0 cm³/mol. The molecule has 1 aliphatic carbocycles. The molecule has 142 valence electrons. The molecule has 5 heteroatoms. The van der Waals surface area contributed by atoms with Crippen molar-refractivity contribution >= 4 is 11.8 Å². The van der Waals surface area contributed by atoms with Crippen molar-refractivity contribution in [2.24, 2.45) is 16.7 Å². The Morgan fingerprint density at radius 1 is 1.20 bits per heavy atom. The molecule has 1 atom stereocenters. The first-order valence-electron chi connectivity index (χ1n) is 10.1. The van der Waals surface area contributed by atoms with E-state index in [4.69, 9.17) is 4.74 Å². The number of hydrogen-bond acceptors (Lipinski definition) is 3. The average Bonchev–Trinajstić information content (AvgIpc) is 3.23. The number of nitrogens with zero attached hydrogens (tertiary/aromatic N) is 1. The average molecular weight is 351 g/mol. The molecule has 2 heterocycles. The molecule has 1 spiro atoms. The fraction of sp³-hybridized carbons (Fsp3) is 0.900. The highest BCUT2D eigenvalue weighted by atomic mass is 16.5. The van der Waals surface area contributed by atoms with Gasteiger partial charge < -0.3 is 15.0 Å². The number of amides is 2. The summed E-state index contributed by atoms with van der Waals surface area (Å²) in [5.74, 6) is 0.268. The fourth-order valence-electron chi connectivity index (χ4n) is 4.72. The van der Waals surface area contributed by atoms with E-state index in [-0.39, 0.29) is 28.6 Å². The molecule has 0 bridgehead atoms. The van der Waals surface area contributed by atoms with E-state index in [0.717, 1.165) is 32.1 Å². The summed E-state index contributed by atoms with van der Waals surface area (Å²) in [4.78, 5) is 28.0. The van der Waals surface area contributed by atoms with Crippen LogP contribution in [0.1, 0.15) is 65.7 Å². The topological polar surface area (TPSA) is 58.6 Å². The van der Waals surface area contributed by atoms with Gasteiger partial charge in [-0.1, -0.05) is 33.6 Å². The third kappa shape index (κ3) is 3.71. The van der Waals surface area contributed by atoms with Crippen LogP contribution in [0.4, 0.5) is 0 Å². The third-order valence-electron chi connectivity index (χ3n) is 6.90. The van der Waals surface area contributed by atoms with Gasteiger partial charge in [-0.25, -0.2) is 0 Å². The maximum atomic E-state index is 13.1. The van der Waals surface area contributed by atoms with Crippen molar-refractivity contribution in [1.82, 2.24) is 10.2 Å². The largest absolute Gasteiger partial charge is 0.381 e. The number of nitrogens with one attached hydrogen (secondary N) is 1. The van der Waals surface area contributed by atoms with Crippen LogP contribution in [-0.4, -0.2) is 49.1 Å². The van der Waals surface area contributed by atoms with E-state index in [2.05, 4.69) is 12.2 Å². The second-order valence-corrected chi connectivity index (χ2v) is 8.94. The lowest BCUT2D eigenvalue weighted by Crippen LogP contribution is -2.46. The zero-order valence-corrected chi connectivity index (χ0v) is 16.1. The number of likely N-dealkylation sites (tertiary alicyclic amines) is 1. The summed E-state index contributed by atoms with van der Waals surface area (Å²) in [7, 11) is 0. The minimum Gasteiger partial charge on any atom is -0.381 e. The molecule has 2 saturated heterocycles. The van der Waals surface area contributed by atoms with E-state index in [9.17, 15) is 9.59 Å². The smallest absolute Gasteiger partial charge is 0.228 e. The first kappa shape index (κ1) is 18.7. The van der Waals surface area contributed by atoms with Gasteiger partial charge in [0.25, 0.3) is 0 Å². The summed E-state index contributed by atoms with van der Waals surface area (Å²) in [5.41, 5.74) is -0.455. The van der Waals surface area contributed by atoms with E-state index in [0.29, 0.717) is 32.3 Å². The molecular formula is C20H34N2O3. The van der Waals surface area contributed by atoms with Crippen molar-refractivity contribution in [3.8, 4) is 0 Å². The maximum Gasteiger partial charge on any atom is 0.228 e. The summed E-state index contributed by atoms with van der Waals surface area (Å²) in [6.45, 7) is 8.76. The van der Waals surface area contributed by atoms with Gasteiger partial charge in [0.2, 0.25) is 11.8 Å². The molecule has 1 N–H and O–H groups in total. The molecule has 0 aromatic carbocycles. The van der Waals surface area contributed by atoms with Crippen LogP contribution in [0.3, 0.4) is 0 Å². The second-order valence-electron chi connectivity index (χ2n) is 8.94. The van der Waals surface area contributed by atoms with E-state index < -0.39 is 0 Å². The summed E-state index contributed by atoms with van der Waals surface area (Å²) in [5, 5.41) is 3.29. The van der Waals surface area contributed by atoms with E-state index >= 15 is 0 Å². The lowest BCUT2D eigenvalue weighted by Gasteiger charge is -2.37. The highest BCUT2D eigenvalue weighted by Gasteiger charge is 2.53. The summed E-state index contributed by atoms with van der Waals surface area (Å²) in [6.07, 6.45) is 7.20. The van der Waals surface area contributed by atoms with Gasteiger partial charge in [-0.3, -0.25) is 9.59 Å². The minimum absolute atomic E-state index is 0.0893. The maximum absolute atomic E-state index is 13.1. The number of carbonyl (C=O) groups excluding carboxylic acids is 2. The number of ether oxygens (including phenoxy) is 1. The molecular weight excluding hydrogens is 316 g/mol. The van der Waals surface area contributed by atoms with Gasteiger partial charge in [0.15, 0.2) is 0 Å². The molecule has 0 radical (unpaired) electrons. The lowest BCUT2D eigenvalue weighted by molar-refractivity contribution is -0.140. The lowest BCUT2D eigenvalue weighted by atomic mass is 9.71. The SMILES string of the molecule is CCC(C)(C)C(=O)N1CC(C(=O)NC2CCCC2)C2(CCOCC2)C1. The molecule has 0 aromatic rings. The van der Waals surface area contributed by atoms with Crippen molar-refractivity contribution in [3.05, 3.63) is 0 Å². The summed E-state index contributed by atoms with van der Waals surface area (Å²) >= 11 is 0. The summed E-state index contributed by atoms with van der Waals surface area (Å²) in [6, 6.07) is 0.334. The van der Waals surface area contributed by atoms with Crippen LogP contribution in [0, 0.1) is 16.7 Å². The van der Waals surface area contributed by atoms with E-state index in [1.54, 1.807) is 0 Å². The Morgan fingerprint density at radius 2 is 1.84 bits per heavy atom. The third-order valence-corrected chi connectivity index (χ3v) is 6.90. The van der Waals surface area contributed by atoms with Crippen LogP contribution in [0.5, 0.6) is 0 Å². The van der Waals surface area contributed by atoms with Crippen LogP contribution in [-0.2, 0) is 14.3 Å². The van der Waals surface area contributed by atoms with Gasteiger partial charge in [-0.05, 0) is 32.1 Å². The first-order chi connectivity index (χ1) is 11.9. The highest BCUT2D eigenvalue weighted by molar-refractivity contribution is 5.85. The van der Waals surface area contributed by atoms with Gasteiger partial charge in [0, 0.05) is 43.2 Å². The van der Waals surface area contributed by atoms with Crippen LogP contribution < -0.4 is 5.32 Å². The zero-order valence-electron chi connectivity index (χ0n) is 16.1. The van der Waals surface area contributed by atoms with Crippen molar-refractivity contribution in [1.29, 1.82) is 0 Å². The predicted octanol–water partition coefficient (Wildman–Crippen LogP) is 2.74. The molecule has 5 nitrogen and oxygen atoms in total.